The van der Waals surface area contributed by atoms with Gasteiger partial charge >= 0.3 is 0 Å². The summed E-state index contributed by atoms with van der Waals surface area (Å²) in [6.45, 7) is 6.44. The highest BCUT2D eigenvalue weighted by molar-refractivity contribution is 6.00. The molecule has 1 aliphatic rings. The smallest absolute Gasteiger partial charge is 0.197 e. The van der Waals surface area contributed by atoms with Crippen LogP contribution in [0, 0.1) is 6.92 Å². The molecular weight excluding hydrogens is 689 g/mol. The van der Waals surface area contributed by atoms with E-state index in [1.165, 1.54) is 27.8 Å². The first-order valence-corrected chi connectivity index (χ1v) is 21.2. The third kappa shape index (κ3) is 11.8. The second kappa shape index (κ2) is 20.9. The van der Waals surface area contributed by atoms with Crippen molar-refractivity contribution in [2.75, 3.05) is 0 Å². The van der Waals surface area contributed by atoms with Crippen LogP contribution in [0.3, 0.4) is 0 Å². The summed E-state index contributed by atoms with van der Waals surface area (Å²) in [5.74, 6) is 2.25. The summed E-state index contributed by atoms with van der Waals surface area (Å²) < 4.78 is 5.81. The van der Waals surface area contributed by atoms with Crippen LogP contribution in [0.25, 0.3) is 0 Å². The van der Waals surface area contributed by atoms with Crippen molar-refractivity contribution < 1.29 is 14.0 Å². The fraction of sp³-hybridized carbons (Fsp3) is 0.412. The van der Waals surface area contributed by atoms with Crippen LogP contribution >= 0.6 is 0 Å². The van der Waals surface area contributed by atoms with E-state index in [0.29, 0.717) is 42.4 Å². The zero-order valence-corrected chi connectivity index (χ0v) is 33.9. The van der Waals surface area contributed by atoms with E-state index in [1.807, 2.05) is 31.2 Å². The van der Waals surface area contributed by atoms with Gasteiger partial charge in [0, 0.05) is 36.7 Å². The summed E-state index contributed by atoms with van der Waals surface area (Å²) in [5, 5.41) is 0. The number of aromatic nitrogens is 1. The highest BCUT2D eigenvalue weighted by Crippen LogP contribution is 2.40. The Hall–Kier alpha value is -4.90. The first-order valence-electron chi connectivity index (χ1n) is 21.2. The van der Waals surface area contributed by atoms with Gasteiger partial charge in [-0.05, 0) is 111 Å². The van der Waals surface area contributed by atoms with Crippen molar-refractivity contribution in [3.05, 3.63) is 154 Å². The van der Waals surface area contributed by atoms with Crippen molar-refractivity contribution in [2.24, 2.45) is 4.99 Å². The summed E-state index contributed by atoms with van der Waals surface area (Å²) >= 11 is 0. The van der Waals surface area contributed by atoms with E-state index in [0.717, 1.165) is 100 Å². The molecule has 6 rings (SSSR count). The number of oxazole rings is 1. The molecule has 0 radical (unpaired) electrons. The van der Waals surface area contributed by atoms with Crippen LogP contribution in [-0.4, -0.2) is 22.3 Å². The number of rotatable bonds is 23. The average molecular weight is 749 g/mol. The fourth-order valence-corrected chi connectivity index (χ4v) is 8.02. The molecule has 1 aliphatic carbocycles. The molecule has 1 atom stereocenters. The van der Waals surface area contributed by atoms with Crippen LogP contribution in [0.5, 0.6) is 0 Å². The SMILES string of the molecule is CCCC(CCCCc1ccccc1C)c1ccc(C(=O)CCCCCC(=O)CCC(c2ccccc2)c2ccccc2)cc1N=C(C)c1coc(C2CC2)n1. The lowest BCUT2D eigenvalue weighted by Crippen LogP contribution is -2.06. The van der Waals surface area contributed by atoms with Crippen LogP contribution in [0.15, 0.2) is 119 Å². The van der Waals surface area contributed by atoms with Crippen molar-refractivity contribution in [2.45, 2.75) is 135 Å². The minimum atomic E-state index is 0.133. The first-order chi connectivity index (χ1) is 27.4. The monoisotopic (exact) mass is 748 g/mol. The van der Waals surface area contributed by atoms with Crippen molar-refractivity contribution >= 4 is 23.0 Å². The molecule has 0 bridgehead atoms. The number of hydrogen-bond acceptors (Lipinski definition) is 5. The van der Waals surface area contributed by atoms with Crippen molar-refractivity contribution in [1.82, 2.24) is 4.98 Å². The summed E-state index contributed by atoms with van der Waals surface area (Å²) in [6, 6.07) is 35.9. The standard InChI is InChI=1S/C51H60N2O3/c1-4-18-40(26-17-16-21-39-20-15-14-19-37(39)2)47-33-31-44(35-48(47)52-38(3)49-36-56-51(53-49)43-29-30-43)50(55)28-13-7-12-27-45(54)32-34-46(41-22-8-5-9-23-41)42-24-10-6-11-25-42/h5-6,8-11,14-15,19-20,22-25,31,33,35-36,40,43,46H,4,7,12-13,16-18,21,26-30,32,34H2,1-3H3. The predicted molar refractivity (Wildman–Crippen MR) is 230 cm³/mol. The summed E-state index contributed by atoms with van der Waals surface area (Å²) in [5.41, 5.74) is 9.66. The number of aryl methyl sites for hydroxylation is 2. The molecule has 4 aromatic carbocycles. The number of carbonyl (C=O) groups excluding carboxylic acids is 2. The lowest BCUT2D eigenvalue weighted by Gasteiger charge is -2.20. The Kier molecular flexibility index (Phi) is 15.2. The molecule has 1 aromatic heterocycles. The number of benzene rings is 4. The van der Waals surface area contributed by atoms with Gasteiger partial charge in [-0.1, -0.05) is 123 Å². The quantitative estimate of drug-likeness (QED) is 0.0379. The predicted octanol–water partition coefficient (Wildman–Crippen LogP) is 13.6. The Bertz CT molecular complexity index is 1990. The molecule has 0 spiro atoms. The maximum Gasteiger partial charge on any atom is 0.197 e. The lowest BCUT2D eigenvalue weighted by molar-refractivity contribution is -0.119. The topological polar surface area (TPSA) is 72.5 Å². The number of ketones is 2. The first kappa shape index (κ1) is 40.8. The molecule has 1 saturated carbocycles. The molecule has 1 fully saturated rings. The summed E-state index contributed by atoms with van der Waals surface area (Å²) in [7, 11) is 0. The van der Waals surface area contributed by atoms with Crippen LogP contribution in [-0.2, 0) is 11.2 Å². The van der Waals surface area contributed by atoms with Crippen LogP contribution in [0.4, 0.5) is 5.69 Å². The van der Waals surface area contributed by atoms with Gasteiger partial charge in [0.05, 0.1) is 11.4 Å². The lowest BCUT2D eigenvalue weighted by atomic mass is 9.86. The van der Waals surface area contributed by atoms with E-state index in [2.05, 4.69) is 92.7 Å². The largest absolute Gasteiger partial charge is 0.448 e. The van der Waals surface area contributed by atoms with Gasteiger partial charge in [-0.25, -0.2) is 4.98 Å². The molecule has 0 amide bonds. The Morgan fingerprint density at radius 2 is 1.46 bits per heavy atom. The van der Waals surface area contributed by atoms with Gasteiger partial charge < -0.3 is 4.42 Å². The fourth-order valence-electron chi connectivity index (χ4n) is 8.02. The van der Waals surface area contributed by atoms with E-state index in [-0.39, 0.29) is 11.7 Å². The molecule has 56 heavy (non-hydrogen) atoms. The Balaban J connectivity index is 1.06. The van der Waals surface area contributed by atoms with Gasteiger partial charge in [0.15, 0.2) is 11.7 Å². The number of carbonyl (C=O) groups is 2. The summed E-state index contributed by atoms with van der Waals surface area (Å²) in [4.78, 5) is 36.5. The molecule has 1 unspecified atom stereocenters. The van der Waals surface area contributed by atoms with Gasteiger partial charge in [-0.2, -0.15) is 0 Å². The Morgan fingerprint density at radius 1 is 0.768 bits per heavy atom. The molecular formula is C51H60N2O3. The molecule has 5 nitrogen and oxygen atoms in total. The van der Waals surface area contributed by atoms with Crippen LogP contribution in [0.1, 0.15) is 171 Å². The number of aliphatic imine (C=N–C) groups is 1. The second-order valence-electron chi connectivity index (χ2n) is 15.9. The van der Waals surface area contributed by atoms with Crippen LogP contribution in [0.2, 0.25) is 0 Å². The van der Waals surface area contributed by atoms with Gasteiger partial charge in [0.1, 0.15) is 17.7 Å². The van der Waals surface area contributed by atoms with Gasteiger partial charge in [-0.15, -0.1) is 0 Å². The maximum absolute atomic E-state index is 13.6. The van der Waals surface area contributed by atoms with E-state index in [1.54, 1.807) is 6.26 Å². The third-order valence-corrected chi connectivity index (χ3v) is 11.5. The number of Topliss-reactive ketones (excluding diaryl/α,β-unsaturated/α-hetero) is 2. The van der Waals surface area contributed by atoms with Crippen molar-refractivity contribution in [1.29, 1.82) is 0 Å². The van der Waals surface area contributed by atoms with Crippen molar-refractivity contribution in [3.63, 3.8) is 0 Å². The molecule has 0 saturated heterocycles. The van der Waals surface area contributed by atoms with Crippen LogP contribution < -0.4 is 0 Å². The second-order valence-corrected chi connectivity index (χ2v) is 15.9. The minimum Gasteiger partial charge on any atom is -0.448 e. The van der Waals surface area contributed by atoms with E-state index in [9.17, 15) is 9.59 Å². The van der Waals surface area contributed by atoms with E-state index in [4.69, 9.17) is 14.4 Å². The highest BCUT2D eigenvalue weighted by Gasteiger charge is 2.29. The third-order valence-electron chi connectivity index (χ3n) is 11.5. The van der Waals surface area contributed by atoms with Gasteiger partial charge in [-0.3, -0.25) is 14.6 Å². The minimum absolute atomic E-state index is 0.133. The average Bonchev–Trinajstić information content (AvgIpc) is 3.95. The molecule has 5 heteroatoms. The maximum atomic E-state index is 13.6. The molecule has 5 aromatic rings. The highest BCUT2D eigenvalue weighted by atomic mass is 16.3. The Morgan fingerprint density at radius 3 is 2.16 bits per heavy atom. The number of unbranched alkanes of at least 4 members (excludes halogenated alkanes) is 3. The van der Waals surface area contributed by atoms with E-state index < -0.39 is 0 Å². The number of hydrogen-bond donors (Lipinski definition) is 0. The molecule has 292 valence electrons. The molecule has 1 heterocycles. The molecule has 0 N–H and O–H groups in total. The molecule has 0 aliphatic heterocycles. The normalized spacial score (nSPS) is 13.6. The van der Waals surface area contributed by atoms with Gasteiger partial charge in [0.2, 0.25) is 0 Å². The van der Waals surface area contributed by atoms with E-state index >= 15 is 0 Å². The van der Waals surface area contributed by atoms with Crippen molar-refractivity contribution in [3.8, 4) is 0 Å². The zero-order valence-electron chi connectivity index (χ0n) is 33.9. The Labute approximate surface area is 335 Å². The number of nitrogens with zero attached hydrogens (tertiary/aromatic N) is 2. The summed E-state index contributed by atoms with van der Waals surface area (Å²) in [6.07, 6.45) is 15.4. The van der Waals surface area contributed by atoms with Gasteiger partial charge in [0.25, 0.3) is 0 Å². The zero-order chi connectivity index (χ0) is 39.1.